The molecule has 0 aliphatic heterocycles. The van der Waals surface area contributed by atoms with Crippen LogP contribution in [-0.4, -0.2) is 20.3 Å². The Labute approximate surface area is 150 Å². The van der Waals surface area contributed by atoms with E-state index < -0.39 is 6.10 Å². The van der Waals surface area contributed by atoms with E-state index in [1.54, 1.807) is 15.2 Å². The number of para-hydroxylation sites is 2. The number of aliphatic hydroxyl groups excluding tert-OH is 1. The van der Waals surface area contributed by atoms with Crippen LogP contribution in [0.25, 0.3) is 11.0 Å². The van der Waals surface area contributed by atoms with Gasteiger partial charge in [-0.3, -0.25) is 9.98 Å². The Morgan fingerprint density at radius 2 is 1.92 bits per heavy atom. The van der Waals surface area contributed by atoms with Crippen LogP contribution in [0.3, 0.4) is 0 Å². The highest BCUT2D eigenvalue weighted by molar-refractivity contribution is 6.44. The van der Waals surface area contributed by atoms with Crippen molar-refractivity contribution in [2.45, 2.75) is 25.6 Å². The molecular weight excluding hydrogens is 345 g/mol. The van der Waals surface area contributed by atoms with Crippen molar-refractivity contribution in [2.75, 3.05) is 0 Å². The Bertz CT molecular complexity index is 930. The summed E-state index contributed by atoms with van der Waals surface area (Å²) in [5, 5.41) is 20.0. The molecule has 0 saturated heterocycles. The third-order valence-electron chi connectivity index (χ3n) is 4.25. The third-order valence-corrected chi connectivity index (χ3v) is 5.03. The Morgan fingerprint density at radius 1 is 1.25 bits per heavy atom. The molecule has 2 aromatic rings. The monoisotopic (exact) mass is 361 g/mol. The molecule has 1 aliphatic carbocycles. The van der Waals surface area contributed by atoms with E-state index in [2.05, 4.69) is 5.92 Å². The molecule has 1 heterocycles. The summed E-state index contributed by atoms with van der Waals surface area (Å²) >= 11 is 12.0. The van der Waals surface area contributed by atoms with Crippen LogP contribution in [0.15, 0.2) is 46.5 Å². The lowest BCUT2D eigenvalue weighted by Gasteiger charge is -2.22. The molecule has 0 amide bonds. The summed E-state index contributed by atoms with van der Waals surface area (Å²) in [5.74, 6) is 2.44. The topological polar surface area (TPSA) is 53.9 Å². The minimum Gasteiger partial charge on any atom is -0.391 e. The number of hydrogen-bond acceptors (Lipinski definition) is 2. The number of allylic oxidation sites excluding steroid dienone is 3. The van der Waals surface area contributed by atoms with Crippen LogP contribution in [0.5, 0.6) is 0 Å². The highest BCUT2D eigenvalue weighted by atomic mass is 35.5. The SMILES string of the molecule is C#CCn1c(=N)n(CC(O)C2C=C(Cl)C(Cl)=CC2)c2ccccc21. The summed E-state index contributed by atoms with van der Waals surface area (Å²) in [6.07, 6.45) is 8.95. The van der Waals surface area contributed by atoms with Gasteiger partial charge in [0.15, 0.2) is 0 Å². The minimum absolute atomic E-state index is 0.137. The molecule has 4 nitrogen and oxygen atoms in total. The fraction of sp³-hybridized carbons (Fsp3) is 0.278. The van der Waals surface area contributed by atoms with Crippen molar-refractivity contribution in [3.63, 3.8) is 0 Å². The van der Waals surface area contributed by atoms with E-state index in [-0.39, 0.29) is 18.1 Å². The minimum atomic E-state index is -0.682. The van der Waals surface area contributed by atoms with E-state index >= 15 is 0 Å². The van der Waals surface area contributed by atoms with Gasteiger partial charge in [-0.15, -0.1) is 6.42 Å². The number of aromatic nitrogens is 2. The smallest absolute Gasteiger partial charge is 0.203 e. The summed E-state index contributed by atoms with van der Waals surface area (Å²) in [7, 11) is 0. The van der Waals surface area contributed by atoms with Crippen molar-refractivity contribution in [3.05, 3.63) is 52.1 Å². The van der Waals surface area contributed by atoms with E-state index in [4.69, 9.17) is 35.0 Å². The van der Waals surface area contributed by atoms with Crippen molar-refractivity contribution < 1.29 is 5.11 Å². The molecule has 3 rings (SSSR count). The molecule has 124 valence electrons. The second kappa shape index (κ2) is 6.90. The van der Waals surface area contributed by atoms with Gasteiger partial charge in [-0.1, -0.05) is 53.4 Å². The van der Waals surface area contributed by atoms with Crippen molar-refractivity contribution in [3.8, 4) is 12.3 Å². The largest absolute Gasteiger partial charge is 0.391 e. The average molecular weight is 362 g/mol. The second-order valence-corrected chi connectivity index (χ2v) is 6.56. The second-order valence-electron chi connectivity index (χ2n) is 5.75. The van der Waals surface area contributed by atoms with Crippen LogP contribution in [0.2, 0.25) is 0 Å². The first-order valence-electron chi connectivity index (χ1n) is 7.60. The van der Waals surface area contributed by atoms with E-state index in [0.29, 0.717) is 23.0 Å². The van der Waals surface area contributed by atoms with E-state index in [9.17, 15) is 5.11 Å². The predicted molar refractivity (Wildman–Crippen MR) is 96.6 cm³/mol. The molecule has 2 unspecified atom stereocenters. The fourth-order valence-corrected chi connectivity index (χ4v) is 3.39. The highest BCUT2D eigenvalue weighted by Crippen LogP contribution is 2.30. The van der Waals surface area contributed by atoms with Gasteiger partial charge in [0.2, 0.25) is 5.62 Å². The number of benzene rings is 1. The van der Waals surface area contributed by atoms with Crippen molar-refractivity contribution in [2.24, 2.45) is 5.92 Å². The van der Waals surface area contributed by atoms with Gasteiger partial charge in [-0.05, 0) is 18.6 Å². The van der Waals surface area contributed by atoms with Gasteiger partial charge in [0, 0.05) is 5.92 Å². The molecule has 24 heavy (non-hydrogen) atoms. The summed E-state index contributed by atoms with van der Waals surface area (Å²) in [5.41, 5.74) is 2.02. The average Bonchev–Trinajstić information content (AvgIpc) is 2.83. The van der Waals surface area contributed by atoms with Crippen LogP contribution >= 0.6 is 23.2 Å². The third kappa shape index (κ3) is 3.03. The summed E-state index contributed by atoms with van der Waals surface area (Å²) in [6, 6.07) is 7.66. The van der Waals surface area contributed by atoms with Gasteiger partial charge < -0.3 is 9.67 Å². The maximum absolute atomic E-state index is 10.6. The van der Waals surface area contributed by atoms with Crippen LogP contribution in [0, 0.1) is 23.7 Å². The molecule has 0 radical (unpaired) electrons. The number of rotatable bonds is 4. The Kier molecular flexibility index (Phi) is 4.86. The normalized spacial score (nSPS) is 18.8. The summed E-state index contributed by atoms with van der Waals surface area (Å²) < 4.78 is 3.53. The maximum Gasteiger partial charge on any atom is 0.203 e. The fourth-order valence-electron chi connectivity index (χ4n) is 2.99. The van der Waals surface area contributed by atoms with Crippen LogP contribution in [0.1, 0.15) is 6.42 Å². The molecule has 0 fully saturated rings. The molecule has 0 saturated carbocycles. The van der Waals surface area contributed by atoms with Gasteiger partial charge in [-0.2, -0.15) is 0 Å². The highest BCUT2D eigenvalue weighted by Gasteiger charge is 2.23. The Morgan fingerprint density at radius 3 is 2.54 bits per heavy atom. The standard InChI is InChI=1S/C18H17Cl2N3O/c1-2-9-22-15-5-3-4-6-16(15)23(18(22)21)11-17(24)12-7-8-13(19)14(20)10-12/h1,3-6,8,10,12,17,21,24H,7,9,11H2. The number of imidazole rings is 1. The van der Waals surface area contributed by atoms with Crippen LogP contribution < -0.4 is 5.62 Å². The van der Waals surface area contributed by atoms with Gasteiger partial charge in [0.25, 0.3) is 0 Å². The lowest BCUT2D eigenvalue weighted by atomic mass is 9.94. The molecule has 2 N–H and O–H groups in total. The van der Waals surface area contributed by atoms with Crippen LogP contribution in [0.4, 0.5) is 0 Å². The quantitative estimate of drug-likeness (QED) is 0.807. The van der Waals surface area contributed by atoms with Gasteiger partial charge in [0.05, 0.1) is 40.3 Å². The maximum atomic E-state index is 10.6. The Hall–Kier alpha value is -1.93. The number of halogens is 2. The van der Waals surface area contributed by atoms with Crippen molar-refractivity contribution in [1.29, 1.82) is 5.41 Å². The number of terminal acetylenes is 1. The molecule has 2 atom stereocenters. The zero-order valence-corrected chi connectivity index (χ0v) is 14.4. The molecule has 6 heteroatoms. The molecule has 0 bridgehead atoms. The van der Waals surface area contributed by atoms with E-state index in [1.165, 1.54) is 0 Å². The van der Waals surface area contributed by atoms with Crippen molar-refractivity contribution >= 4 is 34.2 Å². The first-order valence-corrected chi connectivity index (χ1v) is 8.36. The van der Waals surface area contributed by atoms with Gasteiger partial charge in [-0.25, -0.2) is 0 Å². The zero-order valence-electron chi connectivity index (χ0n) is 12.9. The zero-order chi connectivity index (χ0) is 17.3. The molecule has 1 aliphatic rings. The number of aliphatic hydroxyl groups is 1. The number of nitrogens with one attached hydrogen (secondary N) is 1. The predicted octanol–water partition coefficient (Wildman–Crippen LogP) is 3.18. The molecule has 1 aromatic carbocycles. The first-order chi connectivity index (χ1) is 11.5. The lowest BCUT2D eigenvalue weighted by Crippen LogP contribution is -2.32. The van der Waals surface area contributed by atoms with Crippen molar-refractivity contribution in [1.82, 2.24) is 9.13 Å². The summed E-state index contributed by atoms with van der Waals surface area (Å²) in [6.45, 7) is 0.601. The molecule has 0 spiro atoms. The van der Waals surface area contributed by atoms with Crippen LogP contribution in [-0.2, 0) is 13.1 Å². The number of hydrogen-bond donors (Lipinski definition) is 2. The number of fused-ring (bicyclic) bond motifs is 1. The Balaban J connectivity index is 1.95. The molecule has 1 aromatic heterocycles. The summed E-state index contributed by atoms with van der Waals surface area (Å²) in [4.78, 5) is 0. The van der Waals surface area contributed by atoms with Gasteiger partial charge in [0.1, 0.15) is 0 Å². The lowest BCUT2D eigenvalue weighted by molar-refractivity contribution is 0.111. The van der Waals surface area contributed by atoms with E-state index in [0.717, 1.165) is 11.0 Å². The van der Waals surface area contributed by atoms with E-state index in [1.807, 2.05) is 30.3 Å². The molecular formula is C18H17Cl2N3O. The number of nitrogens with zero attached hydrogens (tertiary/aromatic N) is 2. The van der Waals surface area contributed by atoms with Gasteiger partial charge >= 0.3 is 0 Å². The first kappa shape index (κ1) is 16.9.